The van der Waals surface area contributed by atoms with Gasteiger partial charge >= 0.3 is 0 Å². The molecule has 1 N–H and O–H groups in total. The summed E-state index contributed by atoms with van der Waals surface area (Å²) in [5.74, 6) is 0. The van der Waals surface area contributed by atoms with Crippen molar-refractivity contribution in [1.29, 1.82) is 0 Å². The molecule has 0 saturated carbocycles. The minimum Gasteiger partial charge on any atom is -0.456 e. The zero-order valence-corrected chi connectivity index (χ0v) is 14.2. The number of fused-ring (bicyclic) bond motifs is 2. The molecule has 0 aliphatic carbocycles. The fourth-order valence-corrected chi connectivity index (χ4v) is 3.63. The largest absolute Gasteiger partial charge is 0.456 e. The average molecular weight is 362 g/mol. The van der Waals surface area contributed by atoms with E-state index in [0.717, 1.165) is 17.5 Å². The average Bonchev–Trinajstić information content (AvgIpc) is 3.32. The Kier molecular flexibility index (Phi) is 3.44. The molecule has 0 spiro atoms. The molecule has 3 aromatic rings. The zero-order valence-electron chi connectivity index (χ0n) is 13.5. The number of imidazole rings is 1. The highest BCUT2D eigenvalue weighted by molar-refractivity contribution is 6.33. The number of nitrogens with zero attached hydrogens (tertiary/aromatic N) is 4. The third-order valence-corrected chi connectivity index (χ3v) is 4.85. The molecule has 5 rings (SSSR count). The van der Waals surface area contributed by atoms with Gasteiger partial charge in [0.25, 0.3) is 6.01 Å². The van der Waals surface area contributed by atoms with E-state index in [1.807, 2.05) is 13.2 Å². The van der Waals surface area contributed by atoms with Gasteiger partial charge in [0.15, 0.2) is 11.8 Å². The minimum atomic E-state index is -0.165. The number of ether oxygens (including phenoxy) is 3. The molecule has 0 aromatic carbocycles. The van der Waals surface area contributed by atoms with Crippen LogP contribution in [0.25, 0.3) is 22.4 Å². The number of rotatable bonds is 3. The molecule has 130 valence electrons. The quantitative estimate of drug-likeness (QED) is 0.767. The lowest BCUT2D eigenvalue weighted by Crippen LogP contribution is -2.32. The molecule has 0 amide bonds. The maximum Gasteiger partial charge on any atom is 0.296 e. The Morgan fingerprint density at radius 2 is 2.28 bits per heavy atom. The van der Waals surface area contributed by atoms with Gasteiger partial charge in [-0.05, 0) is 12.5 Å². The molecular formula is C16H16ClN5O3. The summed E-state index contributed by atoms with van der Waals surface area (Å²) in [6, 6.07) is 2.19. The number of aromatic amines is 1. The summed E-state index contributed by atoms with van der Waals surface area (Å²) in [5.41, 5.74) is 2.74. The van der Waals surface area contributed by atoms with Crippen LogP contribution in [-0.2, 0) is 16.5 Å². The van der Waals surface area contributed by atoms with Gasteiger partial charge in [-0.3, -0.25) is 4.68 Å². The second-order valence-corrected chi connectivity index (χ2v) is 6.69. The van der Waals surface area contributed by atoms with Crippen LogP contribution in [0.5, 0.6) is 6.01 Å². The summed E-state index contributed by atoms with van der Waals surface area (Å²) in [6.45, 7) is 1.21. The first-order valence-corrected chi connectivity index (χ1v) is 8.50. The van der Waals surface area contributed by atoms with Gasteiger partial charge in [-0.1, -0.05) is 11.6 Å². The first-order valence-electron chi connectivity index (χ1n) is 8.12. The lowest BCUT2D eigenvalue weighted by Gasteiger charge is -2.15. The smallest absolute Gasteiger partial charge is 0.296 e. The van der Waals surface area contributed by atoms with Crippen molar-refractivity contribution in [1.82, 2.24) is 24.7 Å². The van der Waals surface area contributed by atoms with Gasteiger partial charge < -0.3 is 19.2 Å². The second kappa shape index (κ2) is 5.69. The molecule has 9 heteroatoms. The van der Waals surface area contributed by atoms with E-state index in [-0.39, 0.29) is 18.3 Å². The van der Waals surface area contributed by atoms with Crippen LogP contribution >= 0.6 is 11.6 Å². The third kappa shape index (κ3) is 2.57. The van der Waals surface area contributed by atoms with Crippen LogP contribution in [0.1, 0.15) is 6.42 Å². The standard InChI is InChI=1S/C16H16ClN5O3/c1-22-6-8(5-18-22)13-9(17)4-10-15(20-13)21-16(19-10)25-12-7-24-11-2-3-23-14(11)12/h4-6,11-12,14H,2-3,7H2,1H3,(H,19,20,21)/t11-,12?,14+/m1/s1. The number of halogens is 1. The van der Waals surface area contributed by atoms with Crippen LogP contribution < -0.4 is 4.74 Å². The highest BCUT2D eigenvalue weighted by Gasteiger charge is 2.43. The van der Waals surface area contributed by atoms with Crippen molar-refractivity contribution in [3.63, 3.8) is 0 Å². The molecule has 8 nitrogen and oxygen atoms in total. The Bertz CT molecular complexity index is 939. The van der Waals surface area contributed by atoms with Crippen LogP contribution in [0, 0.1) is 0 Å². The highest BCUT2D eigenvalue weighted by atomic mass is 35.5. The molecule has 3 atom stereocenters. The summed E-state index contributed by atoms with van der Waals surface area (Å²) < 4.78 is 19.0. The second-order valence-electron chi connectivity index (χ2n) is 6.29. The lowest BCUT2D eigenvalue weighted by molar-refractivity contribution is 0.0273. The van der Waals surface area contributed by atoms with Crippen molar-refractivity contribution in [2.24, 2.45) is 7.05 Å². The van der Waals surface area contributed by atoms with Gasteiger partial charge in [0.2, 0.25) is 0 Å². The van der Waals surface area contributed by atoms with Gasteiger partial charge in [-0.25, -0.2) is 4.98 Å². The number of aromatic nitrogens is 5. The van der Waals surface area contributed by atoms with Gasteiger partial charge in [-0.2, -0.15) is 10.1 Å². The first-order chi connectivity index (χ1) is 12.2. The molecule has 2 saturated heterocycles. The molecule has 25 heavy (non-hydrogen) atoms. The zero-order chi connectivity index (χ0) is 17.0. The topological polar surface area (TPSA) is 87.1 Å². The van der Waals surface area contributed by atoms with Crippen molar-refractivity contribution in [2.45, 2.75) is 24.7 Å². The van der Waals surface area contributed by atoms with Crippen LogP contribution in [0.2, 0.25) is 5.02 Å². The van der Waals surface area contributed by atoms with Gasteiger partial charge in [-0.15, -0.1) is 0 Å². The summed E-state index contributed by atoms with van der Waals surface area (Å²) >= 11 is 6.37. The van der Waals surface area contributed by atoms with Gasteiger partial charge in [0, 0.05) is 25.4 Å². The van der Waals surface area contributed by atoms with E-state index < -0.39 is 0 Å². The van der Waals surface area contributed by atoms with Crippen LogP contribution in [0.15, 0.2) is 18.5 Å². The molecule has 2 aliphatic rings. The minimum absolute atomic E-state index is 0.0317. The predicted molar refractivity (Wildman–Crippen MR) is 89.6 cm³/mol. The van der Waals surface area contributed by atoms with E-state index in [0.29, 0.717) is 35.6 Å². The van der Waals surface area contributed by atoms with Crippen molar-refractivity contribution >= 4 is 22.8 Å². The number of hydrogen-bond donors (Lipinski definition) is 1. The highest BCUT2D eigenvalue weighted by Crippen LogP contribution is 2.31. The number of hydrogen-bond acceptors (Lipinski definition) is 6. The van der Waals surface area contributed by atoms with Crippen molar-refractivity contribution in [2.75, 3.05) is 13.2 Å². The van der Waals surface area contributed by atoms with Crippen LogP contribution in [0.3, 0.4) is 0 Å². The maximum absolute atomic E-state index is 6.37. The van der Waals surface area contributed by atoms with Crippen molar-refractivity contribution in [3.8, 4) is 17.3 Å². The fraction of sp³-hybridized carbons (Fsp3) is 0.438. The van der Waals surface area contributed by atoms with Crippen molar-refractivity contribution in [3.05, 3.63) is 23.5 Å². The summed E-state index contributed by atoms with van der Waals surface area (Å²) in [5, 5.41) is 4.68. The third-order valence-electron chi connectivity index (χ3n) is 4.57. The Morgan fingerprint density at radius 1 is 1.36 bits per heavy atom. The Morgan fingerprint density at radius 3 is 3.12 bits per heavy atom. The van der Waals surface area contributed by atoms with E-state index in [4.69, 9.17) is 25.8 Å². The SMILES string of the molecule is Cn1cc(-c2nc3nc(OC4CO[C@@H]5CCO[C@H]45)[nH]c3cc2Cl)cn1. The predicted octanol–water partition coefficient (Wildman–Crippen LogP) is 1.95. The van der Waals surface area contributed by atoms with Gasteiger partial charge in [0.05, 0.1) is 35.1 Å². The lowest BCUT2D eigenvalue weighted by atomic mass is 10.1. The Labute approximate surface area is 148 Å². The Hall–Kier alpha value is -2.16. The van der Waals surface area contributed by atoms with Crippen molar-refractivity contribution < 1.29 is 14.2 Å². The maximum atomic E-state index is 6.37. The van der Waals surface area contributed by atoms with Crippen LogP contribution in [0.4, 0.5) is 0 Å². The number of aryl methyl sites for hydroxylation is 1. The summed E-state index contributed by atoms with van der Waals surface area (Å²) in [7, 11) is 1.85. The fourth-order valence-electron chi connectivity index (χ4n) is 3.37. The first kappa shape index (κ1) is 15.1. The number of H-pyrrole nitrogens is 1. The molecular weight excluding hydrogens is 346 g/mol. The Balaban J connectivity index is 1.45. The van der Waals surface area contributed by atoms with E-state index >= 15 is 0 Å². The van der Waals surface area contributed by atoms with E-state index in [9.17, 15) is 0 Å². The molecule has 1 unspecified atom stereocenters. The van der Waals surface area contributed by atoms with E-state index in [2.05, 4.69) is 20.1 Å². The number of pyridine rings is 1. The number of nitrogens with one attached hydrogen (secondary N) is 1. The molecule has 2 aliphatic heterocycles. The molecule has 0 bridgehead atoms. The normalized spacial score (nSPS) is 25.6. The molecule has 3 aromatic heterocycles. The monoisotopic (exact) mass is 361 g/mol. The molecule has 5 heterocycles. The summed E-state index contributed by atoms with van der Waals surface area (Å²) in [4.78, 5) is 12.1. The van der Waals surface area contributed by atoms with Gasteiger partial charge in [0.1, 0.15) is 6.10 Å². The summed E-state index contributed by atoms with van der Waals surface area (Å²) in [6.07, 6.45) is 4.42. The molecule has 2 fully saturated rings. The van der Waals surface area contributed by atoms with E-state index in [1.54, 1.807) is 16.9 Å². The molecule has 0 radical (unpaired) electrons. The van der Waals surface area contributed by atoms with E-state index in [1.165, 1.54) is 0 Å². The van der Waals surface area contributed by atoms with Crippen LogP contribution in [-0.4, -0.2) is 56.3 Å².